The molecule has 1 atom stereocenters. The van der Waals surface area contributed by atoms with Gasteiger partial charge in [-0.05, 0) is 17.7 Å². The van der Waals surface area contributed by atoms with E-state index in [2.05, 4.69) is 5.32 Å². The molecule has 0 radical (unpaired) electrons. The van der Waals surface area contributed by atoms with Crippen molar-refractivity contribution in [3.63, 3.8) is 0 Å². The van der Waals surface area contributed by atoms with Gasteiger partial charge in [0, 0.05) is 5.75 Å². The maximum Gasteiger partial charge on any atom is 0.326 e. The summed E-state index contributed by atoms with van der Waals surface area (Å²) in [6.45, 7) is 0. The van der Waals surface area contributed by atoms with Crippen LogP contribution in [0.1, 0.15) is 12.0 Å². The molecule has 0 aliphatic carbocycles. The molecule has 1 amide bonds. The molecule has 1 aromatic carbocycles. The molecular formula is C13H14FNO5S. The lowest BCUT2D eigenvalue weighted by Gasteiger charge is -2.12. The summed E-state index contributed by atoms with van der Waals surface area (Å²) in [7, 11) is 0. The van der Waals surface area contributed by atoms with Crippen molar-refractivity contribution in [3.05, 3.63) is 35.6 Å². The lowest BCUT2D eigenvalue weighted by atomic mass is 10.2. The van der Waals surface area contributed by atoms with Gasteiger partial charge in [0.05, 0.1) is 12.2 Å². The normalized spacial score (nSPS) is 11.7. The summed E-state index contributed by atoms with van der Waals surface area (Å²) in [6.07, 6.45) is -0.677. The number of aliphatic carboxylic acids is 2. The molecule has 1 aromatic rings. The molecule has 0 heterocycles. The first-order valence-electron chi connectivity index (χ1n) is 5.94. The predicted molar refractivity (Wildman–Crippen MR) is 74.4 cm³/mol. The third kappa shape index (κ3) is 6.75. The third-order valence-electron chi connectivity index (χ3n) is 2.43. The highest BCUT2D eigenvalue weighted by molar-refractivity contribution is 7.99. The number of rotatable bonds is 8. The third-order valence-corrected chi connectivity index (χ3v) is 3.43. The van der Waals surface area contributed by atoms with Crippen LogP contribution in [0, 0.1) is 5.82 Å². The van der Waals surface area contributed by atoms with E-state index in [0.717, 1.165) is 5.56 Å². The molecule has 3 N–H and O–H groups in total. The number of carboxylic acids is 2. The van der Waals surface area contributed by atoms with Gasteiger partial charge in [-0.1, -0.05) is 12.1 Å². The number of carbonyl (C=O) groups excluding carboxylic acids is 1. The lowest BCUT2D eigenvalue weighted by molar-refractivity contribution is -0.147. The van der Waals surface area contributed by atoms with Gasteiger partial charge in [-0.25, -0.2) is 9.18 Å². The first kappa shape index (κ1) is 17.0. The van der Waals surface area contributed by atoms with E-state index in [1.54, 1.807) is 12.1 Å². The van der Waals surface area contributed by atoms with E-state index >= 15 is 0 Å². The fraction of sp³-hybridized carbons (Fsp3) is 0.308. The van der Waals surface area contributed by atoms with Gasteiger partial charge < -0.3 is 15.5 Å². The van der Waals surface area contributed by atoms with Crippen LogP contribution in [0.15, 0.2) is 24.3 Å². The molecule has 0 aromatic heterocycles. The van der Waals surface area contributed by atoms with Gasteiger partial charge in [0.1, 0.15) is 11.9 Å². The van der Waals surface area contributed by atoms with Crippen molar-refractivity contribution < 1.29 is 29.0 Å². The Hall–Kier alpha value is -2.09. The second kappa shape index (κ2) is 8.25. The van der Waals surface area contributed by atoms with Crippen molar-refractivity contribution >= 4 is 29.6 Å². The number of carboxylic acid groups (broad SMARTS) is 2. The number of hydrogen-bond donors (Lipinski definition) is 3. The van der Waals surface area contributed by atoms with Crippen LogP contribution < -0.4 is 5.32 Å². The molecule has 0 fully saturated rings. The van der Waals surface area contributed by atoms with Crippen LogP contribution in [0.3, 0.4) is 0 Å². The minimum atomic E-state index is -1.44. The van der Waals surface area contributed by atoms with Gasteiger partial charge in [0.2, 0.25) is 5.91 Å². The highest BCUT2D eigenvalue weighted by Gasteiger charge is 2.22. The largest absolute Gasteiger partial charge is 0.481 e. The van der Waals surface area contributed by atoms with E-state index in [4.69, 9.17) is 10.2 Å². The summed E-state index contributed by atoms with van der Waals surface area (Å²) in [6, 6.07) is 4.35. The van der Waals surface area contributed by atoms with Gasteiger partial charge in [0.15, 0.2) is 0 Å². The van der Waals surface area contributed by atoms with Gasteiger partial charge in [-0.3, -0.25) is 9.59 Å². The van der Waals surface area contributed by atoms with Gasteiger partial charge in [-0.2, -0.15) is 0 Å². The van der Waals surface area contributed by atoms with Gasteiger partial charge in [-0.15, -0.1) is 11.8 Å². The molecule has 0 bridgehead atoms. The Balaban J connectivity index is 2.37. The zero-order valence-electron chi connectivity index (χ0n) is 10.9. The van der Waals surface area contributed by atoms with Crippen LogP contribution in [0.2, 0.25) is 0 Å². The van der Waals surface area contributed by atoms with Crippen molar-refractivity contribution in [3.8, 4) is 0 Å². The monoisotopic (exact) mass is 315 g/mol. The molecule has 6 nitrogen and oxygen atoms in total. The molecule has 0 aliphatic heterocycles. The number of thioether (sulfide) groups is 1. The van der Waals surface area contributed by atoms with E-state index < -0.39 is 30.3 Å². The SMILES string of the molecule is O=C(O)C[C@H](NC(=O)CSCc1ccc(F)cc1)C(=O)O. The summed E-state index contributed by atoms with van der Waals surface area (Å²) in [4.78, 5) is 32.8. The standard InChI is InChI=1S/C13H14FNO5S/c14-9-3-1-8(2-4-9)6-21-7-11(16)15-10(13(19)20)5-12(17)18/h1-4,10H,5-7H2,(H,15,16)(H,17,18)(H,19,20)/t10-/m0/s1. The van der Waals surface area contributed by atoms with Crippen LogP contribution in [-0.2, 0) is 20.1 Å². The first-order chi connectivity index (χ1) is 9.88. The molecular weight excluding hydrogens is 301 g/mol. The number of benzene rings is 1. The Kier molecular flexibility index (Phi) is 6.67. The number of amides is 1. The Morgan fingerprint density at radius 3 is 2.33 bits per heavy atom. The van der Waals surface area contributed by atoms with Gasteiger partial charge >= 0.3 is 11.9 Å². The minimum Gasteiger partial charge on any atom is -0.481 e. The van der Waals surface area contributed by atoms with Crippen molar-refractivity contribution in [2.45, 2.75) is 18.2 Å². The van der Waals surface area contributed by atoms with Crippen LogP contribution in [0.5, 0.6) is 0 Å². The smallest absolute Gasteiger partial charge is 0.326 e. The second-order valence-corrected chi connectivity index (χ2v) is 5.16. The summed E-state index contributed by atoms with van der Waals surface area (Å²) in [5.41, 5.74) is 0.828. The number of hydrogen-bond acceptors (Lipinski definition) is 4. The Labute approximate surface area is 124 Å². The van der Waals surface area contributed by atoms with Crippen molar-refractivity contribution in [2.24, 2.45) is 0 Å². The average Bonchev–Trinajstić information content (AvgIpc) is 2.39. The number of halogens is 1. The molecule has 0 saturated carbocycles. The maximum atomic E-state index is 12.7. The van der Waals surface area contributed by atoms with Crippen molar-refractivity contribution in [1.82, 2.24) is 5.32 Å². The first-order valence-corrected chi connectivity index (χ1v) is 7.10. The predicted octanol–water partition coefficient (Wildman–Crippen LogP) is 1.10. The zero-order valence-corrected chi connectivity index (χ0v) is 11.7. The fourth-order valence-electron chi connectivity index (χ4n) is 1.45. The topological polar surface area (TPSA) is 104 Å². The Morgan fingerprint density at radius 2 is 1.81 bits per heavy atom. The van der Waals surface area contributed by atoms with Crippen molar-refractivity contribution in [2.75, 3.05) is 5.75 Å². The highest BCUT2D eigenvalue weighted by Crippen LogP contribution is 2.12. The Bertz CT molecular complexity index is 520. The molecule has 1 rings (SSSR count). The lowest BCUT2D eigenvalue weighted by Crippen LogP contribution is -2.43. The summed E-state index contributed by atoms with van der Waals surface area (Å²) in [5.74, 6) is -3.16. The number of carbonyl (C=O) groups is 3. The fourth-order valence-corrected chi connectivity index (χ4v) is 2.25. The average molecular weight is 315 g/mol. The van der Waals surface area contributed by atoms with Crippen LogP contribution in [0.4, 0.5) is 4.39 Å². The van der Waals surface area contributed by atoms with E-state index in [1.807, 2.05) is 0 Å². The number of nitrogens with one attached hydrogen (secondary N) is 1. The Morgan fingerprint density at radius 1 is 1.19 bits per heavy atom. The van der Waals surface area contributed by atoms with E-state index in [9.17, 15) is 18.8 Å². The summed E-state index contributed by atoms with van der Waals surface area (Å²) < 4.78 is 12.7. The van der Waals surface area contributed by atoms with Crippen LogP contribution >= 0.6 is 11.8 Å². The molecule has 114 valence electrons. The molecule has 8 heteroatoms. The van der Waals surface area contributed by atoms with E-state index in [0.29, 0.717) is 5.75 Å². The summed E-state index contributed by atoms with van der Waals surface area (Å²) >= 11 is 1.22. The molecule has 21 heavy (non-hydrogen) atoms. The molecule has 0 unspecified atom stereocenters. The van der Waals surface area contributed by atoms with Crippen LogP contribution in [0.25, 0.3) is 0 Å². The van der Waals surface area contributed by atoms with E-state index in [1.165, 1.54) is 23.9 Å². The molecule has 0 spiro atoms. The molecule has 0 saturated heterocycles. The molecule has 0 aliphatic rings. The van der Waals surface area contributed by atoms with E-state index in [-0.39, 0.29) is 11.6 Å². The zero-order chi connectivity index (χ0) is 15.8. The quantitative estimate of drug-likeness (QED) is 0.664. The van der Waals surface area contributed by atoms with Gasteiger partial charge in [0.25, 0.3) is 0 Å². The van der Waals surface area contributed by atoms with Crippen LogP contribution in [-0.4, -0.2) is 39.9 Å². The maximum absolute atomic E-state index is 12.7. The summed E-state index contributed by atoms with van der Waals surface area (Å²) in [5, 5.41) is 19.5. The minimum absolute atomic E-state index is 0.0131. The second-order valence-electron chi connectivity index (χ2n) is 4.18. The highest BCUT2D eigenvalue weighted by atomic mass is 32.2. The van der Waals surface area contributed by atoms with Crippen molar-refractivity contribution in [1.29, 1.82) is 0 Å².